The van der Waals surface area contributed by atoms with Crippen molar-refractivity contribution in [2.24, 2.45) is 0 Å². The van der Waals surface area contributed by atoms with E-state index in [1.54, 1.807) is 49.4 Å². The average molecular weight is 523 g/mol. The van der Waals surface area contributed by atoms with Gasteiger partial charge in [-0.1, -0.05) is 54.6 Å². The van der Waals surface area contributed by atoms with E-state index in [1.807, 2.05) is 0 Å². The molecule has 0 bridgehead atoms. The van der Waals surface area contributed by atoms with Crippen LogP contribution in [0, 0.1) is 23.3 Å². The lowest BCUT2D eigenvalue weighted by molar-refractivity contribution is 0.199. The van der Waals surface area contributed by atoms with E-state index in [4.69, 9.17) is 9.47 Å². The number of hydrogen-bond acceptors (Lipinski definition) is 3. The number of halogens is 4. The van der Waals surface area contributed by atoms with Crippen molar-refractivity contribution in [2.75, 3.05) is 6.61 Å². The van der Waals surface area contributed by atoms with Gasteiger partial charge in [0.1, 0.15) is 12.4 Å². The average Bonchev–Trinajstić information content (AvgIpc) is 2.92. The van der Waals surface area contributed by atoms with Crippen molar-refractivity contribution in [3.8, 4) is 33.8 Å². The van der Waals surface area contributed by atoms with Crippen LogP contribution in [0.25, 0.3) is 22.3 Å². The number of aliphatic hydroxyl groups excluding tert-OH is 1. The van der Waals surface area contributed by atoms with E-state index < -0.39 is 29.4 Å². The first-order valence-electron chi connectivity index (χ1n) is 12.0. The summed E-state index contributed by atoms with van der Waals surface area (Å²) in [7, 11) is 0. The van der Waals surface area contributed by atoms with Crippen LogP contribution in [0.15, 0.2) is 85.5 Å². The molecule has 1 N–H and O–H groups in total. The third-order valence-corrected chi connectivity index (χ3v) is 6.05. The molecule has 0 radical (unpaired) electrons. The second kappa shape index (κ2) is 12.0. The summed E-state index contributed by atoms with van der Waals surface area (Å²) in [6, 6.07) is 18.5. The zero-order valence-electron chi connectivity index (χ0n) is 20.7. The van der Waals surface area contributed by atoms with Crippen LogP contribution in [-0.2, 0) is 6.61 Å². The van der Waals surface area contributed by atoms with Gasteiger partial charge < -0.3 is 14.6 Å². The van der Waals surface area contributed by atoms with Crippen molar-refractivity contribution in [3.05, 3.63) is 120 Å². The van der Waals surface area contributed by atoms with Crippen LogP contribution in [0.1, 0.15) is 30.6 Å². The molecule has 0 saturated carbocycles. The Morgan fingerprint density at radius 2 is 1.32 bits per heavy atom. The normalized spacial score (nSPS) is 11.7. The molecule has 196 valence electrons. The molecule has 38 heavy (non-hydrogen) atoms. The quantitative estimate of drug-likeness (QED) is 0.130. The zero-order chi connectivity index (χ0) is 27.2. The van der Waals surface area contributed by atoms with Crippen molar-refractivity contribution in [3.63, 3.8) is 0 Å². The minimum Gasteiger partial charge on any atom is -0.490 e. The molecule has 1 atom stereocenters. The molecule has 1 unspecified atom stereocenters. The van der Waals surface area contributed by atoms with Gasteiger partial charge in [0.25, 0.3) is 0 Å². The summed E-state index contributed by atoms with van der Waals surface area (Å²) in [4.78, 5) is 0. The lowest BCUT2D eigenvalue weighted by atomic mass is 9.97. The standard InChI is InChI=1S/C31H26F4O3/c1-3-4-17-37-27-16-11-23(28(32)31(27)35)18-38-24-12-9-22(10-13-24)26-15-14-25(29(33)30(26)34)21-7-5-20(6-8-21)19(2)36/h3,5-16,19,36H,1,4,17-18H2,2H3. The van der Waals surface area contributed by atoms with Crippen LogP contribution in [0.4, 0.5) is 17.6 Å². The van der Waals surface area contributed by atoms with E-state index in [2.05, 4.69) is 6.58 Å². The Morgan fingerprint density at radius 1 is 0.737 bits per heavy atom. The van der Waals surface area contributed by atoms with Gasteiger partial charge in [-0.2, -0.15) is 4.39 Å². The first-order valence-corrected chi connectivity index (χ1v) is 12.0. The zero-order valence-corrected chi connectivity index (χ0v) is 20.7. The fourth-order valence-electron chi connectivity index (χ4n) is 3.88. The molecule has 7 heteroatoms. The second-order valence-corrected chi connectivity index (χ2v) is 8.68. The van der Waals surface area contributed by atoms with Crippen LogP contribution in [-0.4, -0.2) is 11.7 Å². The Balaban J connectivity index is 1.46. The largest absolute Gasteiger partial charge is 0.490 e. The van der Waals surface area contributed by atoms with Crippen molar-refractivity contribution < 1.29 is 32.1 Å². The molecule has 4 aromatic rings. The van der Waals surface area contributed by atoms with Gasteiger partial charge >= 0.3 is 0 Å². The van der Waals surface area contributed by atoms with Gasteiger partial charge in [-0.3, -0.25) is 0 Å². The van der Waals surface area contributed by atoms with Gasteiger partial charge in [0.2, 0.25) is 5.82 Å². The van der Waals surface area contributed by atoms with E-state index in [9.17, 15) is 22.7 Å². The summed E-state index contributed by atoms with van der Waals surface area (Å²) in [5.74, 6) is -3.97. The fourth-order valence-corrected chi connectivity index (χ4v) is 3.88. The lowest BCUT2D eigenvalue weighted by Gasteiger charge is -2.12. The smallest absolute Gasteiger partial charge is 0.201 e. The monoisotopic (exact) mass is 522 g/mol. The number of benzene rings is 4. The third-order valence-electron chi connectivity index (χ3n) is 6.05. The van der Waals surface area contributed by atoms with Gasteiger partial charge in [0, 0.05) is 16.7 Å². The van der Waals surface area contributed by atoms with E-state index in [0.717, 1.165) is 0 Å². The van der Waals surface area contributed by atoms with Crippen molar-refractivity contribution in [1.82, 2.24) is 0 Å². The Hall–Kier alpha value is -4.10. The Morgan fingerprint density at radius 3 is 1.87 bits per heavy atom. The van der Waals surface area contributed by atoms with Crippen LogP contribution in [0.5, 0.6) is 11.5 Å². The summed E-state index contributed by atoms with van der Waals surface area (Å²) >= 11 is 0. The summed E-state index contributed by atoms with van der Waals surface area (Å²) in [5.41, 5.74) is 1.76. The number of ether oxygens (including phenoxy) is 2. The van der Waals surface area contributed by atoms with Crippen molar-refractivity contribution in [2.45, 2.75) is 26.1 Å². The van der Waals surface area contributed by atoms with Gasteiger partial charge in [0.05, 0.1) is 12.7 Å². The summed E-state index contributed by atoms with van der Waals surface area (Å²) in [6.07, 6.45) is 1.45. The highest BCUT2D eigenvalue weighted by Gasteiger charge is 2.17. The first kappa shape index (κ1) is 26.9. The molecule has 0 amide bonds. The van der Waals surface area contributed by atoms with Crippen LogP contribution in [0.3, 0.4) is 0 Å². The molecule has 0 aliphatic heterocycles. The van der Waals surface area contributed by atoms with Gasteiger partial charge in [-0.05, 0) is 54.3 Å². The first-order chi connectivity index (χ1) is 18.3. The fraction of sp³-hybridized carbons (Fsp3) is 0.161. The lowest BCUT2D eigenvalue weighted by Crippen LogP contribution is -2.04. The molecule has 0 aliphatic carbocycles. The molecule has 0 aliphatic rings. The van der Waals surface area contributed by atoms with E-state index >= 15 is 0 Å². The molecule has 0 fully saturated rings. The summed E-state index contributed by atoms with van der Waals surface area (Å²) in [5, 5.41) is 9.64. The highest BCUT2D eigenvalue weighted by Crippen LogP contribution is 2.33. The van der Waals surface area contributed by atoms with Gasteiger partial charge in [0.15, 0.2) is 23.2 Å². The SMILES string of the molecule is C=CCCOc1ccc(COc2ccc(-c3ccc(-c4ccc(C(C)O)cc4)c(F)c3F)cc2)c(F)c1F. The van der Waals surface area contributed by atoms with E-state index in [0.29, 0.717) is 28.9 Å². The third kappa shape index (κ3) is 5.89. The molecule has 4 rings (SSSR count). The highest BCUT2D eigenvalue weighted by atomic mass is 19.2. The molecule has 3 nitrogen and oxygen atoms in total. The minimum atomic E-state index is -1.09. The Kier molecular flexibility index (Phi) is 8.48. The number of rotatable bonds is 10. The molecule has 0 heterocycles. The Bertz CT molecular complexity index is 1410. The maximum atomic E-state index is 15.0. The molecular weight excluding hydrogens is 496 g/mol. The maximum absolute atomic E-state index is 15.0. The number of aliphatic hydroxyl groups is 1. The van der Waals surface area contributed by atoms with Crippen LogP contribution in [0.2, 0.25) is 0 Å². The molecule has 0 aromatic heterocycles. The summed E-state index contributed by atoms with van der Waals surface area (Å²) in [6.45, 7) is 5.12. The van der Waals surface area contributed by atoms with Gasteiger partial charge in [-0.25, -0.2) is 13.2 Å². The maximum Gasteiger partial charge on any atom is 0.201 e. The second-order valence-electron chi connectivity index (χ2n) is 8.68. The van der Waals surface area contributed by atoms with E-state index in [1.165, 1.54) is 36.4 Å². The van der Waals surface area contributed by atoms with E-state index in [-0.39, 0.29) is 35.7 Å². The molecular formula is C31H26F4O3. The van der Waals surface area contributed by atoms with Crippen LogP contribution >= 0.6 is 0 Å². The molecule has 0 saturated heterocycles. The van der Waals surface area contributed by atoms with Crippen molar-refractivity contribution >= 4 is 0 Å². The number of hydrogen-bond donors (Lipinski definition) is 1. The molecule has 0 spiro atoms. The Labute approximate surface area is 218 Å². The molecule has 4 aromatic carbocycles. The van der Waals surface area contributed by atoms with Crippen molar-refractivity contribution in [1.29, 1.82) is 0 Å². The minimum absolute atomic E-state index is 0.00725. The summed E-state index contributed by atoms with van der Waals surface area (Å²) < 4.78 is 69.4. The predicted octanol–water partition coefficient (Wildman–Crippen LogP) is 8.16. The van der Waals surface area contributed by atoms with Gasteiger partial charge in [-0.15, -0.1) is 6.58 Å². The highest BCUT2D eigenvalue weighted by molar-refractivity contribution is 5.72. The van der Waals surface area contributed by atoms with Crippen LogP contribution < -0.4 is 9.47 Å². The topological polar surface area (TPSA) is 38.7 Å². The predicted molar refractivity (Wildman–Crippen MR) is 139 cm³/mol.